The molecule has 0 radical (unpaired) electrons. The number of aliphatic hydroxyl groups excluding tert-OH is 2. The topological polar surface area (TPSA) is 110 Å². The third kappa shape index (κ3) is 4.26. The number of allylic oxidation sites excluding steroid dienone is 5. The second-order valence-electron chi connectivity index (χ2n) is 13.8. The van der Waals surface area contributed by atoms with Gasteiger partial charge in [0.15, 0.2) is 5.78 Å². The second-order valence-corrected chi connectivity index (χ2v) is 13.8. The number of fused-ring (bicyclic) bond motifs is 5. The Morgan fingerprint density at radius 2 is 1.68 bits per heavy atom. The molecule has 11 atom stereocenters. The van der Waals surface area contributed by atoms with Crippen molar-refractivity contribution in [1.82, 2.24) is 0 Å². The molecule has 0 aromatic carbocycles. The number of hydrogen-bond acceptors (Lipinski definition) is 6. The van der Waals surface area contributed by atoms with Crippen molar-refractivity contribution < 1.29 is 24.5 Å². The van der Waals surface area contributed by atoms with Crippen LogP contribution in [0.2, 0.25) is 0 Å². The van der Waals surface area contributed by atoms with E-state index in [1.807, 2.05) is 32.1 Å². The van der Waals surface area contributed by atoms with E-state index in [-0.39, 0.29) is 51.9 Å². The lowest BCUT2D eigenvalue weighted by Gasteiger charge is -2.70. The molecule has 0 spiro atoms. The first kappa shape index (κ1) is 29.2. The maximum absolute atomic E-state index is 13.1. The summed E-state index contributed by atoms with van der Waals surface area (Å²) in [6, 6.07) is -0.599. The van der Waals surface area contributed by atoms with Crippen LogP contribution >= 0.6 is 0 Å². The van der Waals surface area contributed by atoms with Gasteiger partial charge < -0.3 is 20.7 Å². The van der Waals surface area contributed by atoms with Crippen molar-refractivity contribution in [3.05, 3.63) is 34.9 Å². The molecular weight excluding hydrogens is 478 g/mol. The first-order valence-electron chi connectivity index (χ1n) is 14.5. The second kappa shape index (κ2) is 10.0. The fourth-order valence-electron chi connectivity index (χ4n) is 9.71. The number of carbonyl (C=O) groups excluding carboxylic acids is 2. The molecule has 0 aromatic rings. The lowest BCUT2D eigenvalue weighted by Crippen LogP contribution is -2.71. The van der Waals surface area contributed by atoms with Gasteiger partial charge in [0.2, 0.25) is 0 Å². The summed E-state index contributed by atoms with van der Waals surface area (Å²) in [4.78, 5) is 25.4. The van der Waals surface area contributed by atoms with Gasteiger partial charge in [-0.1, -0.05) is 51.5 Å². The van der Waals surface area contributed by atoms with Crippen molar-refractivity contribution >= 4 is 11.8 Å². The predicted octanol–water partition coefficient (Wildman–Crippen LogP) is 4.88. The van der Waals surface area contributed by atoms with E-state index in [0.717, 1.165) is 36.8 Å². The number of hydrogen-bond donors (Lipinski definition) is 3. The maximum atomic E-state index is 13.1. The van der Waals surface area contributed by atoms with Crippen molar-refractivity contribution in [2.24, 2.45) is 45.7 Å². The number of ketones is 1. The molecule has 0 heterocycles. The van der Waals surface area contributed by atoms with Crippen molar-refractivity contribution in [2.75, 3.05) is 0 Å². The summed E-state index contributed by atoms with van der Waals surface area (Å²) < 4.78 is 5.94. The van der Waals surface area contributed by atoms with Gasteiger partial charge in [-0.3, -0.25) is 9.59 Å². The molecule has 0 bridgehead atoms. The van der Waals surface area contributed by atoms with Gasteiger partial charge in [-0.25, -0.2) is 0 Å². The molecular formula is C32H49NO5. The molecule has 6 heteroatoms. The van der Waals surface area contributed by atoms with Crippen molar-refractivity contribution in [2.45, 2.75) is 112 Å². The monoisotopic (exact) mass is 527 g/mol. The summed E-state index contributed by atoms with van der Waals surface area (Å²) >= 11 is 0. The summed E-state index contributed by atoms with van der Waals surface area (Å²) in [7, 11) is 0. The molecule has 212 valence electrons. The summed E-state index contributed by atoms with van der Waals surface area (Å²) in [6.45, 7) is 16.0. The van der Waals surface area contributed by atoms with E-state index in [1.54, 1.807) is 6.92 Å². The van der Waals surface area contributed by atoms with Crippen molar-refractivity contribution in [3.63, 3.8) is 0 Å². The Morgan fingerprint density at radius 3 is 2.26 bits per heavy atom. The van der Waals surface area contributed by atoms with E-state index < -0.39 is 18.2 Å². The van der Waals surface area contributed by atoms with Gasteiger partial charge in [0.25, 0.3) is 0 Å². The summed E-state index contributed by atoms with van der Waals surface area (Å²) in [5, 5.41) is 22.8. The molecule has 6 nitrogen and oxygen atoms in total. The van der Waals surface area contributed by atoms with Gasteiger partial charge in [0, 0.05) is 24.5 Å². The zero-order valence-electron chi connectivity index (χ0n) is 24.6. The highest BCUT2D eigenvalue weighted by atomic mass is 16.5. The number of rotatable bonds is 4. The molecule has 0 unspecified atom stereocenters. The number of nitrogens with two attached hydrogens (primary N) is 1. The van der Waals surface area contributed by atoms with Crippen LogP contribution < -0.4 is 5.73 Å². The highest BCUT2D eigenvalue weighted by Gasteiger charge is 2.72. The van der Waals surface area contributed by atoms with Crippen LogP contribution in [0.5, 0.6) is 0 Å². The number of aliphatic hydroxyl groups is 2. The van der Waals surface area contributed by atoms with Crippen LogP contribution in [-0.2, 0) is 14.3 Å². The Morgan fingerprint density at radius 1 is 1.03 bits per heavy atom. The first-order valence-corrected chi connectivity index (χ1v) is 14.5. The summed E-state index contributed by atoms with van der Waals surface area (Å²) in [6.07, 6.45) is 8.03. The molecule has 0 amide bonds. The molecule has 38 heavy (non-hydrogen) atoms. The smallest absolute Gasteiger partial charge is 0.303 e. The van der Waals surface area contributed by atoms with E-state index in [0.29, 0.717) is 17.9 Å². The van der Waals surface area contributed by atoms with Crippen LogP contribution in [0.1, 0.15) is 87.5 Å². The van der Waals surface area contributed by atoms with Crippen LogP contribution in [0.25, 0.3) is 0 Å². The lowest BCUT2D eigenvalue weighted by molar-refractivity contribution is -0.239. The number of ether oxygens (including phenoxy) is 1. The minimum Gasteiger partial charge on any atom is -0.458 e. The van der Waals surface area contributed by atoms with Crippen LogP contribution in [0.4, 0.5) is 0 Å². The van der Waals surface area contributed by atoms with E-state index in [2.05, 4.69) is 27.7 Å². The third-order valence-corrected chi connectivity index (χ3v) is 11.5. The average Bonchev–Trinajstić information content (AvgIpc) is 3.10. The Kier molecular flexibility index (Phi) is 7.70. The highest BCUT2D eigenvalue weighted by molar-refractivity contribution is 5.97. The van der Waals surface area contributed by atoms with Crippen LogP contribution in [0.3, 0.4) is 0 Å². The van der Waals surface area contributed by atoms with E-state index in [4.69, 9.17) is 10.5 Å². The van der Waals surface area contributed by atoms with Gasteiger partial charge in [0.05, 0.1) is 12.2 Å². The fourth-order valence-corrected chi connectivity index (χ4v) is 9.71. The molecule has 4 saturated carbocycles. The lowest BCUT2D eigenvalue weighted by atomic mass is 9.36. The highest BCUT2D eigenvalue weighted by Crippen LogP contribution is 2.74. The molecule has 0 aliphatic heterocycles. The summed E-state index contributed by atoms with van der Waals surface area (Å²) in [5.74, 6) is -0.354. The van der Waals surface area contributed by atoms with Crippen LogP contribution in [-0.4, -0.2) is 46.3 Å². The molecule has 4 N–H and O–H groups in total. The molecule has 4 fully saturated rings. The number of carbonyl (C=O) groups is 2. The molecule has 4 aliphatic rings. The third-order valence-electron chi connectivity index (χ3n) is 11.5. The van der Waals surface area contributed by atoms with Gasteiger partial charge in [0.1, 0.15) is 6.10 Å². The van der Waals surface area contributed by atoms with Crippen molar-refractivity contribution in [1.29, 1.82) is 0 Å². The minimum atomic E-state index is -0.769. The zero-order chi connectivity index (χ0) is 28.4. The zero-order valence-corrected chi connectivity index (χ0v) is 24.6. The molecule has 0 saturated heterocycles. The van der Waals surface area contributed by atoms with Gasteiger partial charge in [-0.15, -0.1) is 0 Å². The summed E-state index contributed by atoms with van der Waals surface area (Å²) in [5.41, 5.74) is 8.61. The Balaban J connectivity index is 1.91. The first-order chi connectivity index (χ1) is 17.6. The Hall–Kier alpha value is -1.76. The molecule has 4 rings (SSSR count). The molecule has 0 aromatic heterocycles. The molecule has 4 aliphatic carbocycles. The van der Waals surface area contributed by atoms with E-state index >= 15 is 0 Å². The van der Waals surface area contributed by atoms with Crippen LogP contribution in [0.15, 0.2) is 34.9 Å². The van der Waals surface area contributed by atoms with E-state index in [1.165, 1.54) is 6.92 Å². The Bertz CT molecular complexity index is 1070. The van der Waals surface area contributed by atoms with Gasteiger partial charge in [-0.05, 0) is 92.4 Å². The average molecular weight is 528 g/mol. The largest absolute Gasteiger partial charge is 0.458 e. The standard InChI is InChI=1S/C32H49NO5/c1-17(2)10-9-11-21(19(4)34)25-24(38-20(5)35)16-32(8)26(25)27(33)28(37)29-30(6)14-13-23(36)18(3)22(30)12-15-31(29,32)7/h9-11,18,22-24,26-29,36-37H,12-16,33H2,1-8H3/b11-9+,25-21+/t18-,22-,23+,24-,26+,27-,28+,29-,30-,31-,32-/m0/s1. The maximum Gasteiger partial charge on any atom is 0.303 e. The predicted molar refractivity (Wildman–Crippen MR) is 149 cm³/mol. The van der Waals surface area contributed by atoms with Gasteiger partial charge >= 0.3 is 5.97 Å². The number of esters is 1. The number of Topliss-reactive ketones (excluding diaryl/α,β-unsaturated/α-hetero) is 1. The SMILES string of the molecule is CC(=O)O[C@H]1C[C@@]2(C)[C@H](/C1=C(\C=C\C=C(C)C)C(C)=O)[C@H](N)[C@@H](O)[C@H]1[C@@]3(C)CC[C@@H](O)[C@@H](C)[C@@H]3CC[C@@]12C. The quantitative estimate of drug-likeness (QED) is 0.273. The van der Waals surface area contributed by atoms with E-state index in [9.17, 15) is 19.8 Å². The minimum absolute atomic E-state index is 0.0562. The Labute approximate surface area is 228 Å². The van der Waals surface area contributed by atoms with Crippen LogP contribution in [0, 0.1) is 39.9 Å². The van der Waals surface area contributed by atoms with Crippen molar-refractivity contribution in [3.8, 4) is 0 Å². The normalized spacial score (nSPS) is 47.6. The van der Waals surface area contributed by atoms with Gasteiger partial charge in [-0.2, -0.15) is 0 Å². The fraction of sp³-hybridized carbons (Fsp3) is 0.750.